The first-order valence-corrected chi connectivity index (χ1v) is 6.25. The molecule has 0 saturated carbocycles. The molecule has 0 aliphatic heterocycles. The highest BCUT2D eigenvalue weighted by Gasteiger charge is 2.19. The van der Waals surface area contributed by atoms with Crippen molar-refractivity contribution in [2.45, 2.75) is 6.92 Å². The van der Waals surface area contributed by atoms with Gasteiger partial charge in [-0.15, -0.1) is 0 Å². The van der Waals surface area contributed by atoms with Gasteiger partial charge in [0.05, 0.1) is 0 Å². The molecule has 0 radical (unpaired) electrons. The Labute approximate surface area is 119 Å². The predicted molar refractivity (Wildman–Crippen MR) is 73.2 cm³/mol. The standard InChI is InChI=1S/C14H13F2N3O2/c1-3-19(9-4-5-10(15)11(16)8-9)14(21)12-6-7-13(20)18(2)17-12/h4-8H,3H2,1-2H3. The van der Waals surface area contributed by atoms with Gasteiger partial charge in [0.15, 0.2) is 11.6 Å². The number of aromatic nitrogens is 2. The number of nitrogens with zero attached hydrogens (tertiary/aromatic N) is 3. The van der Waals surface area contributed by atoms with E-state index in [1.807, 2.05) is 0 Å². The van der Waals surface area contributed by atoms with Gasteiger partial charge in [0.1, 0.15) is 5.69 Å². The van der Waals surface area contributed by atoms with Crippen LogP contribution in [0, 0.1) is 11.6 Å². The van der Waals surface area contributed by atoms with Crippen LogP contribution in [0.3, 0.4) is 0 Å². The van der Waals surface area contributed by atoms with Crippen LogP contribution < -0.4 is 10.5 Å². The number of carbonyl (C=O) groups excluding carboxylic acids is 1. The molecule has 0 fully saturated rings. The summed E-state index contributed by atoms with van der Waals surface area (Å²) in [5, 5.41) is 3.85. The number of hydrogen-bond donors (Lipinski definition) is 0. The maximum atomic E-state index is 13.3. The van der Waals surface area contributed by atoms with Gasteiger partial charge in [-0.05, 0) is 25.1 Å². The van der Waals surface area contributed by atoms with Crippen LogP contribution in [0.15, 0.2) is 35.1 Å². The minimum absolute atomic E-state index is 0.0451. The third kappa shape index (κ3) is 2.96. The Hall–Kier alpha value is -2.57. The van der Waals surface area contributed by atoms with Crippen LogP contribution in [0.5, 0.6) is 0 Å². The topological polar surface area (TPSA) is 55.2 Å². The summed E-state index contributed by atoms with van der Waals surface area (Å²) in [6.07, 6.45) is 0. The molecule has 0 bridgehead atoms. The fourth-order valence-electron chi connectivity index (χ4n) is 1.85. The summed E-state index contributed by atoms with van der Waals surface area (Å²) < 4.78 is 27.3. The Morgan fingerprint density at radius 3 is 2.52 bits per heavy atom. The molecule has 0 N–H and O–H groups in total. The van der Waals surface area contributed by atoms with E-state index >= 15 is 0 Å². The van der Waals surface area contributed by atoms with Crippen LogP contribution >= 0.6 is 0 Å². The highest BCUT2D eigenvalue weighted by Crippen LogP contribution is 2.19. The second kappa shape index (κ2) is 5.82. The van der Waals surface area contributed by atoms with Gasteiger partial charge >= 0.3 is 0 Å². The lowest BCUT2D eigenvalue weighted by molar-refractivity contribution is 0.0981. The van der Waals surface area contributed by atoms with Crippen molar-refractivity contribution in [2.75, 3.05) is 11.4 Å². The zero-order chi connectivity index (χ0) is 15.6. The number of hydrogen-bond acceptors (Lipinski definition) is 3. The van der Waals surface area contributed by atoms with Crippen LogP contribution in [0.4, 0.5) is 14.5 Å². The second-order valence-corrected chi connectivity index (χ2v) is 4.33. The summed E-state index contributed by atoms with van der Waals surface area (Å²) >= 11 is 0. The van der Waals surface area contributed by atoms with Crippen molar-refractivity contribution in [3.63, 3.8) is 0 Å². The molecule has 0 spiro atoms. The molecule has 0 atom stereocenters. The molecule has 110 valence electrons. The number of aryl methyl sites for hydroxylation is 1. The zero-order valence-corrected chi connectivity index (χ0v) is 11.5. The number of rotatable bonds is 3. The molecule has 0 aliphatic carbocycles. The van der Waals surface area contributed by atoms with Gasteiger partial charge in [0, 0.05) is 31.4 Å². The molecule has 2 rings (SSSR count). The first-order valence-electron chi connectivity index (χ1n) is 6.25. The van der Waals surface area contributed by atoms with Crippen LogP contribution in [0.1, 0.15) is 17.4 Å². The Morgan fingerprint density at radius 1 is 1.24 bits per heavy atom. The maximum Gasteiger partial charge on any atom is 0.278 e. The summed E-state index contributed by atoms with van der Waals surface area (Å²) in [7, 11) is 1.42. The van der Waals surface area contributed by atoms with Crippen molar-refractivity contribution in [3.05, 3.63) is 58.0 Å². The molecule has 5 nitrogen and oxygen atoms in total. The van der Waals surface area contributed by atoms with Crippen LogP contribution in [-0.2, 0) is 7.05 Å². The largest absolute Gasteiger partial charge is 0.307 e. The average molecular weight is 293 g/mol. The van der Waals surface area contributed by atoms with E-state index in [1.54, 1.807) is 6.92 Å². The molecule has 1 aromatic carbocycles. The molecule has 0 aliphatic rings. The third-order valence-corrected chi connectivity index (χ3v) is 2.96. The molecule has 7 heteroatoms. The van der Waals surface area contributed by atoms with E-state index in [-0.39, 0.29) is 23.5 Å². The van der Waals surface area contributed by atoms with E-state index in [0.717, 1.165) is 16.8 Å². The van der Waals surface area contributed by atoms with Gasteiger partial charge in [-0.25, -0.2) is 13.5 Å². The fourth-order valence-corrected chi connectivity index (χ4v) is 1.85. The molecule has 1 aromatic heterocycles. The lowest BCUT2D eigenvalue weighted by atomic mass is 10.2. The number of carbonyl (C=O) groups is 1. The van der Waals surface area contributed by atoms with E-state index in [0.29, 0.717) is 0 Å². The molecule has 0 unspecified atom stereocenters. The molecule has 21 heavy (non-hydrogen) atoms. The van der Waals surface area contributed by atoms with Crippen molar-refractivity contribution >= 4 is 11.6 Å². The lowest BCUT2D eigenvalue weighted by Crippen LogP contribution is -2.33. The Bertz CT molecular complexity index is 743. The highest BCUT2D eigenvalue weighted by atomic mass is 19.2. The van der Waals surface area contributed by atoms with E-state index in [2.05, 4.69) is 5.10 Å². The summed E-state index contributed by atoms with van der Waals surface area (Å²) in [4.78, 5) is 24.9. The number of benzene rings is 1. The second-order valence-electron chi connectivity index (χ2n) is 4.33. The minimum atomic E-state index is -1.04. The Balaban J connectivity index is 2.40. The molecule has 1 heterocycles. The van der Waals surface area contributed by atoms with E-state index in [1.165, 1.54) is 30.1 Å². The molecule has 1 amide bonds. The molecule has 0 saturated heterocycles. The van der Waals surface area contributed by atoms with Gasteiger partial charge in [-0.2, -0.15) is 5.10 Å². The molecule has 2 aromatic rings. The quantitative estimate of drug-likeness (QED) is 0.866. The van der Waals surface area contributed by atoms with Crippen LogP contribution in [-0.4, -0.2) is 22.2 Å². The number of amides is 1. The maximum absolute atomic E-state index is 13.3. The first kappa shape index (κ1) is 14.8. The summed E-state index contributed by atoms with van der Waals surface area (Å²) in [6.45, 7) is 1.94. The van der Waals surface area contributed by atoms with Crippen molar-refractivity contribution in [3.8, 4) is 0 Å². The SMILES string of the molecule is CCN(C(=O)c1ccc(=O)n(C)n1)c1ccc(F)c(F)c1. The minimum Gasteiger partial charge on any atom is -0.307 e. The van der Waals surface area contributed by atoms with Crippen molar-refractivity contribution < 1.29 is 13.6 Å². The Morgan fingerprint density at radius 2 is 1.95 bits per heavy atom. The van der Waals surface area contributed by atoms with Gasteiger partial charge in [0.2, 0.25) is 0 Å². The van der Waals surface area contributed by atoms with Crippen molar-refractivity contribution in [1.29, 1.82) is 0 Å². The lowest BCUT2D eigenvalue weighted by Gasteiger charge is -2.20. The van der Waals surface area contributed by atoms with Gasteiger partial charge < -0.3 is 4.90 Å². The number of anilines is 1. The van der Waals surface area contributed by atoms with Crippen molar-refractivity contribution in [1.82, 2.24) is 9.78 Å². The smallest absolute Gasteiger partial charge is 0.278 e. The monoisotopic (exact) mass is 293 g/mol. The van der Waals surface area contributed by atoms with E-state index < -0.39 is 17.5 Å². The Kier molecular flexibility index (Phi) is 4.11. The predicted octanol–water partition coefficient (Wildman–Crippen LogP) is 1.73. The fraction of sp³-hybridized carbons (Fsp3) is 0.214. The van der Waals surface area contributed by atoms with Crippen LogP contribution in [0.2, 0.25) is 0 Å². The summed E-state index contributed by atoms with van der Waals surface area (Å²) in [6, 6.07) is 5.72. The first-order chi connectivity index (χ1) is 9.93. The third-order valence-electron chi connectivity index (χ3n) is 2.96. The number of halogens is 2. The van der Waals surface area contributed by atoms with Crippen LogP contribution in [0.25, 0.3) is 0 Å². The van der Waals surface area contributed by atoms with E-state index in [4.69, 9.17) is 0 Å². The van der Waals surface area contributed by atoms with Gasteiger partial charge in [-0.3, -0.25) is 9.59 Å². The molecular weight excluding hydrogens is 280 g/mol. The summed E-state index contributed by atoms with van der Waals surface area (Å²) in [5.74, 6) is -2.52. The van der Waals surface area contributed by atoms with Gasteiger partial charge in [-0.1, -0.05) is 0 Å². The van der Waals surface area contributed by atoms with E-state index in [9.17, 15) is 18.4 Å². The normalized spacial score (nSPS) is 10.5. The van der Waals surface area contributed by atoms with Crippen molar-refractivity contribution in [2.24, 2.45) is 7.05 Å². The van der Waals surface area contributed by atoms with Gasteiger partial charge in [0.25, 0.3) is 11.5 Å². The molecular formula is C14H13F2N3O2. The average Bonchev–Trinajstić information content (AvgIpc) is 2.46. The summed E-state index contributed by atoms with van der Waals surface area (Å²) in [5.41, 5.74) is -0.0804. The zero-order valence-electron chi connectivity index (χ0n) is 11.5. The highest BCUT2D eigenvalue weighted by molar-refractivity contribution is 6.04.